The molecule has 8 heteroatoms. The average molecular weight is 515 g/mol. The van der Waals surface area contributed by atoms with Crippen LogP contribution in [0, 0.1) is 0 Å². The van der Waals surface area contributed by atoms with Crippen molar-refractivity contribution in [3.8, 4) is 0 Å². The van der Waals surface area contributed by atoms with Crippen molar-refractivity contribution in [2.75, 3.05) is 11.4 Å². The molecule has 166 valence electrons. The minimum atomic E-state index is -4.38. The van der Waals surface area contributed by atoms with Crippen molar-refractivity contribution in [1.29, 1.82) is 0 Å². The largest absolute Gasteiger partial charge is 0.416 e. The van der Waals surface area contributed by atoms with Gasteiger partial charge in [-0.05, 0) is 77.4 Å². The second-order valence-electron chi connectivity index (χ2n) is 7.93. The van der Waals surface area contributed by atoms with Crippen LogP contribution in [0.25, 0.3) is 11.0 Å². The molecule has 0 amide bonds. The SMILES string of the molecule is CCC(CC)c1ccc(Cl)c2nc3n(c12)CCCCN3c1ccc(C(F)(F)F)cc1Br. The van der Waals surface area contributed by atoms with Gasteiger partial charge in [0.1, 0.15) is 5.52 Å². The van der Waals surface area contributed by atoms with Gasteiger partial charge in [0.25, 0.3) is 0 Å². The molecule has 0 saturated heterocycles. The molecule has 0 unspecified atom stereocenters. The molecule has 4 rings (SSSR count). The summed E-state index contributed by atoms with van der Waals surface area (Å²) in [4.78, 5) is 6.91. The van der Waals surface area contributed by atoms with E-state index in [1.54, 1.807) is 0 Å². The number of rotatable bonds is 4. The summed E-state index contributed by atoms with van der Waals surface area (Å²) >= 11 is 9.91. The summed E-state index contributed by atoms with van der Waals surface area (Å²) in [5, 5.41) is 0.594. The van der Waals surface area contributed by atoms with Gasteiger partial charge in [0.05, 0.1) is 21.8 Å². The Balaban J connectivity index is 1.91. The molecule has 3 aromatic rings. The number of fused-ring (bicyclic) bond motifs is 3. The second-order valence-corrected chi connectivity index (χ2v) is 9.19. The number of alkyl halides is 3. The Bertz CT molecular complexity index is 1110. The molecule has 31 heavy (non-hydrogen) atoms. The Labute approximate surface area is 193 Å². The molecule has 2 aromatic carbocycles. The molecule has 0 N–H and O–H groups in total. The molecule has 2 heterocycles. The highest BCUT2D eigenvalue weighted by Gasteiger charge is 2.32. The molecule has 1 aromatic heterocycles. The monoisotopic (exact) mass is 513 g/mol. The van der Waals surface area contributed by atoms with Gasteiger partial charge in [0, 0.05) is 17.6 Å². The number of benzene rings is 2. The van der Waals surface area contributed by atoms with E-state index in [9.17, 15) is 13.2 Å². The first kappa shape index (κ1) is 22.5. The lowest BCUT2D eigenvalue weighted by atomic mass is 9.93. The summed E-state index contributed by atoms with van der Waals surface area (Å²) in [6, 6.07) is 7.78. The van der Waals surface area contributed by atoms with E-state index in [0.29, 0.717) is 27.6 Å². The van der Waals surface area contributed by atoms with Crippen LogP contribution in [0.2, 0.25) is 5.02 Å². The number of aryl methyl sites for hydroxylation is 1. The Morgan fingerprint density at radius 1 is 1.10 bits per heavy atom. The average Bonchev–Trinajstić information content (AvgIpc) is 2.98. The maximum atomic E-state index is 13.2. The van der Waals surface area contributed by atoms with Crippen LogP contribution < -0.4 is 4.90 Å². The van der Waals surface area contributed by atoms with E-state index in [-0.39, 0.29) is 0 Å². The highest BCUT2D eigenvalue weighted by Crippen LogP contribution is 2.42. The van der Waals surface area contributed by atoms with Crippen LogP contribution in [0.5, 0.6) is 0 Å². The molecule has 0 atom stereocenters. The molecule has 0 saturated carbocycles. The van der Waals surface area contributed by atoms with Gasteiger partial charge in [0.2, 0.25) is 5.95 Å². The fourth-order valence-corrected chi connectivity index (χ4v) is 5.25. The number of aromatic nitrogens is 2. The van der Waals surface area contributed by atoms with Gasteiger partial charge in [-0.1, -0.05) is 31.5 Å². The van der Waals surface area contributed by atoms with Gasteiger partial charge in [-0.2, -0.15) is 13.2 Å². The van der Waals surface area contributed by atoms with Crippen molar-refractivity contribution in [1.82, 2.24) is 9.55 Å². The summed E-state index contributed by atoms with van der Waals surface area (Å²) in [5.41, 5.74) is 3.04. The topological polar surface area (TPSA) is 21.1 Å². The molecular weight excluding hydrogens is 491 g/mol. The zero-order valence-electron chi connectivity index (χ0n) is 17.4. The van der Waals surface area contributed by atoms with Gasteiger partial charge < -0.3 is 9.47 Å². The van der Waals surface area contributed by atoms with E-state index >= 15 is 0 Å². The predicted octanol–water partition coefficient (Wildman–Crippen LogP) is 8.31. The third-order valence-corrected chi connectivity index (χ3v) is 7.04. The highest BCUT2D eigenvalue weighted by atomic mass is 79.9. The molecular formula is C23H24BrClF3N3. The Morgan fingerprint density at radius 2 is 1.81 bits per heavy atom. The summed E-state index contributed by atoms with van der Waals surface area (Å²) in [7, 11) is 0. The van der Waals surface area contributed by atoms with Crippen molar-refractivity contribution in [3.63, 3.8) is 0 Å². The molecule has 1 aliphatic rings. The maximum Gasteiger partial charge on any atom is 0.416 e. The quantitative estimate of drug-likeness (QED) is 0.349. The van der Waals surface area contributed by atoms with Crippen molar-refractivity contribution in [2.24, 2.45) is 0 Å². The van der Waals surface area contributed by atoms with E-state index in [1.165, 1.54) is 11.6 Å². The van der Waals surface area contributed by atoms with Crippen molar-refractivity contribution < 1.29 is 13.2 Å². The fraction of sp³-hybridized carbons (Fsp3) is 0.435. The number of nitrogens with zero attached hydrogens (tertiary/aromatic N) is 3. The van der Waals surface area contributed by atoms with E-state index in [2.05, 4.69) is 40.4 Å². The zero-order chi connectivity index (χ0) is 22.3. The number of hydrogen-bond donors (Lipinski definition) is 0. The molecule has 0 bridgehead atoms. The van der Waals surface area contributed by atoms with Crippen LogP contribution in [-0.4, -0.2) is 16.1 Å². The van der Waals surface area contributed by atoms with Crippen LogP contribution in [0.1, 0.15) is 56.6 Å². The van der Waals surface area contributed by atoms with Crippen molar-refractivity contribution >= 4 is 50.2 Å². The number of halogens is 5. The van der Waals surface area contributed by atoms with Crippen molar-refractivity contribution in [3.05, 3.63) is 51.0 Å². The zero-order valence-corrected chi connectivity index (χ0v) is 19.8. The van der Waals surface area contributed by atoms with E-state index in [4.69, 9.17) is 16.6 Å². The van der Waals surface area contributed by atoms with Gasteiger partial charge >= 0.3 is 6.18 Å². The Morgan fingerprint density at radius 3 is 2.45 bits per heavy atom. The van der Waals surface area contributed by atoms with E-state index in [1.807, 2.05) is 11.0 Å². The third-order valence-electron chi connectivity index (χ3n) is 6.10. The smallest absolute Gasteiger partial charge is 0.311 e. The maximum absolute atomic E-state index is 13.2. The Kier molecular flexibility index (Phi) is 6.28. The lowest BCUT2D eigenvalue weighted by Crippen LogP contribution is -2.20. The Hall–Kier alpha value is -1.73. The molecule has 0 radical (unpaired) electrons. The van der Waals surface area contributed by atoms with Gasteiger partial charge in [-0.3, -0.25) is 0 Å². The minimum absolute atomic E-state index is 0.397. The number of anilines is 2. The molecule has 0 aliphatic carbocycles. The van der Waals surface area contributed by atoms with Crippen LogP contribution in [0.4, 0.5) is 24.8 Å². The summed E-state index contributed by atoms with van der Waals surface area (Å²) in [5.74, 6) is 1.13. The van der Waals surface area contributed by atoms with Gasteiger partial charge in [0.15, 0.2) is 0 Å². The first-order chi connectivity index (χ1) is 14.8. The van der Waals surface area contributed by atoms with E-state index < -0.39 is 11.7 Å². The minimum Gasteiger partial charge on any atom is -0.311 e. The molecule has 3 nitrogen and oxygen atoms in total. The first-order valence-corrected chi connectivity index (χ1v) is 11.8. The fourth-order valence-electron chi connectivity index (χ4n) is 4.47. The van der Waals surface area contributed by atoms with Crippen LogP contribution in [-0.2, 0) is 12.7 Å². The van der Waals surface area contributed by atoms with Crippen LogP contribution in [0.3, 0.4) is 0 Å². The normalized spacial score (nSPS) is 14.9. The summed E-state index contributed by atoms with van der Waals surface area (Å²) in [6.07, 6.45) is -0.476. The van der Waals surface area contributed by atoms with Crippen LogP contribution in [0.15, 0.2) is 34.8 Å². The number of imidazole rings is 1. The lowest BCUT2D eigenvalue weighted by molar-refractivity contribution is -0.137. The predicted molar refractivity (Wildman–Crippen MR) is 123 cm³/mol. The summed E-state index contributed by atoms with van der Waals surface area (Å²) < 4.78 is 42.1. The van der Waals surface area contributed by atoms with E-state index in [0.717, 1.165) is 61.3 Å². The molecule has 0 spiro atoms. The second kappa shape index (κ2) is 8.66. The third kappa shape index (κ3) is 4.07. The van der Waals surface area contributed by atoms with Gasteiger partial charge in [-0.15, -0.1) is 0 Å². The molecule has 0 fully saturated rings. The van der Waals surface area contributed by atoms with Gasteiger partial charge in [-0.25, -0.2) is 4.98 Å². The van der Waals surface area contributed by atoms with Crippen molar-refractivity contribution in [2.45, 2.75) is 58.2 Å². The van der Waals surface area contributed by atoms with Crippen LogP contribution >= 0.6 is 27.5 Å². The number of hydrogen-bond acceptors (Lipinski definition) is 2. The lowest BCUT2D eigenvalue weighted by Gasteiger charge is -2.24. The first-order valence-electron chi connectivity index (χ1n) is 10.6. The summed E-state index contributed by atoms with van der Waals surface area (Å²) in [6.45, 7) is 5.83. The standard InChI is InChI=1S/C23H24BrClF3N3/c1-3-14(4-2)16-8-9-18(25)20-21(16)31-12-6-5-11-30(22(31)29-20)19-10-7-15(13-17(19)24)23(26,27)28/h7-10,13-14H,3-6,11-12H2,1-2H3. The molecule has 1 aliphatic heterocycles. The highest BCUT2D eigenvalue weighted by molar-refractivity contribution is 9.10.